The first kappa shape index (κ1) is 29.2. The summed E-state index contributed by atoms with van der Waals surface area (Å²) in [6.45, 7) is 5.81. The van der Waals surface area contributed by atoms with E-state index < -0.39 is 6.29 Å². The van der Waals surface area contributed by atoms with Crippen LogP contribution in [0.4, 0.5) is 0 Å². The maximum Gasteiger partial charge on any atom is 0.258 e. The molecule has 14 nitrogen and oxygen atoms in total. The number of ether oxygens (including phenoxy) is 4. The van der Waals surface area contributed by atoms with Crippen LogP contribution in [0.15, 0.2) is 56.4 Å². The average Bonchev–Trinajstić information content (AvgIpc) is 3.62. The molecule has 44 heavy (non-hydrogen) atoms. The Bertz CT molecular complexity index is 1520. The van der Waals surface area contributed by atoms with Gasteiger partial charge >= 0.3 is 0 Å². The van der Waals surface area contributed by atoms with Crippen LogP contribution in [-0.4, -0.2) is 111 Å². The Labute approximate surface area is 257 Å². The molecule has 0 aromatic heterocycles. The van der Waals surface area contributed by atoms with Crippen molar-refractivity contribution >= 4 is 23.8 Å². The Balaban J connectivity index is 1.04. The van der Waals surface area contributed by atoms with Gasteiger partial charge in [0.25, 0.3) is 6.29 Å². The first-order chi connectivity index (χ1) is 21.1. The highest BCUT2D eigenvalue weighted by Crippen LogP contribution is 2.36. The summed E-state index contributed by atoms with van der Waals surface area (Å²) in [5, 5.41) is 6.57. The molecule has 234 valence electrons. The fourth-order valence-corrected chi connectivity index (χ4v) is 5.35. The summed E-state index contributed by atoms with van der Waals surface area (Å²) in [6, 6.07) is 11.9. The van der Waals surface area contributed by atoms with Crippen molar-refractivity contribution in [3.8, 4) is 23.0 Å². The van der Waals surface area contributed by atoms with E-state index in [4.69, 9.17) is 33.9 Å². The van der Waals surface area contributed by atoms with Crippen LogP contribution >= 0.6 is 0 Å². The van der Waals surface area contributed by atoms with Gasteiger partial charge in [-0.15, -0.1) is 0 Å². The van der Waals surface area contributed by atoms with E-state index in [-0.39, 0.29) is 19.1 Å². The van der Waals surface area contributed by atoms with Gasteiger partial charge in [0.1, 0.15) is 12.3 Å². The first-order valence-electron chi connectivity index (χ1n) is 14.6. The number of aliphatic imine (C=N–C) groups is 4. The minimum absolute atomic E-state index is 0.144. The molecule has 0 fully saturated rings. The van der Waals surface area contributed by atoms with Crippen molar-refractivity contribution in [3.05, 3.63) is 47.5 Å². The number of hydrogen-bond donors (Lipinski definition) is 2. The number of nitrogens with one attached hydrogen (secondary N) is 2. The summed E-state index contributed by atoms with van der Waals surface area (Å²) in [7, 11) is 9.93. The predicted molar refractivity (Wildman–Crippen MR) is 168 cm³/mol. The summed E-state index contributed by atoms with van der Waals surface area (Å²) in [6.07, 6.45) is -0.780. The van der Waals surface area contributed by atoms with Crippen LogP contribution in [0.25, 0.3) is 0 Å². The fraction of sp³-hybridized carbons (Fsp3) is 0.467. The molecular formula is C30H40N10O4. The van der Waals surface area contributed by atoms with Crippen LogP contribution in [-0.2, 0) is 13.1 Å². The molecule has 2 N–H and O–H groups in total. The number of hydrogen-bond acceptors (Lipinski definition) is 12. The maximum atomic E-state index is 6.22. The van der Waals surface area contributed by atoms with Gasteiger partial charge in [0.2, 0.25) is 24.7 Å². The van der Waals surface area contributed by atoms with E-state index >= 15 is 0 Å². The molecule has 2 aromatic carbocycles. The molecule has 4 aliphatic heterocycles. The third-order valence-electron chi connectivity index (χ3n) is 7.42. The SMILES string of the molecule is CC1N=C(N(C)C)N(C)C(N(C)Cc2ccc3c(c2)OC(CN(C)C2=NC(C)NC(=NCc4ccc5c(c4)OCO5)N2)O3)=N1. The van der Waals surface area contributed by atoms with Crippen LogP contribution in [0.5, 0.6) is 23.0 Å². The molecule has 4 heterocycles. The first-order valence-corrected chi connectivity index (χ1v) is 14.6. The topological polar surface area (TPSA) is 123 Å². The lowest BCUT2D eigenvalue weighted by atomic mass is 10.2. The van der Waals surface area contributed by atoms with E-state index in [1.54, 1.807) is 0 Å². The Morgan fingerprint density at radius 1 is 0.864 bits per heavy atom. The van der Waals surface area contributed by atoms with Crippen molar-refractivity contribution in [1.29, 1.82) is 0 Å². The number of guanidine groups is 4. The van der Waals surface area contributed by atoms with Gasteiger partial charge in [0, 0.05) is 41.8 Å². The smallest absolute Gasteiger partial charge is 0.258 e. The third kappa shape index (κ3) is 6.24. The monoisotopic (exact) mass is 604 g/mol. The van der Waals surface area contributed by atoms with E-state index in [0.29, 0.717) is 31.6 Å². The van der Waals surface area contributed by atoms with E-state index in [2.05, 4.69) is 26.6 Å². The molecule has 0 saturated carbocycles. The molecule has 3 atom stereocenters. The number of nitrogens with zero attached hydrogens (tertiary/aromatic N) is 8. The third-order valence-corrected chi connectivity index (χ3v) is 7.42. The summed E-state index contributed by atoms with van der Waals surface area (Å²) < 4.78 is 23.2. The Morgan fingerprint density at radius 3 is 2.39 bits per heavy atom. The number of likely N-dealkylation sites (N-methyl/N-ethyl adjacent to an activating group) is 1. The van der Waals surface area contributed by atoms with E-state index in [1.807, 2.05) is 94.1 Å². The van der Waals surface area contributed by atoms with Crippen LogP contribution < -0.4 is 29.6 Å². The highest BCUT2D eigenvalue weighted by Gasteiger charge is 2.29. The quantitative estimate of drug-likeness (QED) is 0.506. The fourth-order valence-electron chi connectivity index (χ4n) is 5.35. The van der Waals surface area contributed by atoms with Crippen LogP contribution in [0.2, 0.25) is 0 Å². The number of rotatable bonds is 6. The minimum atomic E-state index is -0.486. The predicted octanol–water partition coefficient (Wildman–Crippen LogP) is 1.89. The molecule has 2 aromatic rings. The van der Waals surface area contributed by atoms with Crippen molar-refractivity contribution in [1.82, 2.24) is 30.2 Å². The second-order valence-corrected chi connectivity index (χ2v) is 11.4. The maximum absolute atomic E-state index is 6.22. The zero-order chi connectivity index (χ0) is 31.0. The molecule has 3 unspecified atom stereocenters. The second kappa shape index (κ2) is 12.0. The van der Waals surface area contributed by atoms with Crippen molar-refractivity contribution in [3.63, 3.8) is 0 Å². The van der Waals surface area contributed by atoms with E-state index in [0.717, 1.165) is 46.0 Å². The van der Waals surface area contributed by atoms with E-state index in [9.17, 15) is 0 Å². The van der Waals surface area contributed by atoms with Gasteiger partial charge in [-0.25, -0.2) is 20.0 Å². The molecule has 14 heteroatoms. The van der Waals surface area contributed by atoms with Crippen LogP contribution in [0.3, 0.4) is 0 Å². The number of fused-ring (bicyclic) bond motifs is 2. The zero-order valence-corrected chi connectivity index (χ0v) is 26.2. The van der Waals surface area contributed by atoms with Gasteiger partial charge in [0.05, 0.1) is 13.1 Å². The molecule has 0 radical (unpaired) electrons. The average molecular weight is 605 g/mol. The lowest BCUT2D eigenvalue weighted by Crippen LogP contribution is -2.56. The molecule has 0 bridgehead atoms. The standard InChI is InChI=1S/C30H40N10O4/c1-18-32-27(31-14-20-8-10-22-24(12-20)42-17-41-22)36-28(33-18)38(5)16-26-43-23-11-9-21(13-25(23)44-26)15-39(6)30-35-19(2)34-29(37(3)4)40(30)7/h8-13,18-19,26H,14-17H2,1-7H3,(H2,31,32,33,36). The highest BCUT2D eigenvalue weighted by molar-refractivity contribution is 6.00. The van der Waals surface area contributed by atoms with Gasteiger partial charge in [0.15, 0.2) is 29.0 Å². The van der Waals surface area contributed by atoms with Gasteiger partial charge in [-0.1, -0.05) is 12.1 Å². The zero-order valence-electron chi connectivity index (χ0n) is 26.2. The van der Waals surface area contributed by atoms with Crippen molar-refractivity contribution in [2.24, 2.45) is 20.0 Å². The Hall–Kier alpha value is -4.88. The Kier molecular flexibility index (Phi) is 7.97. The normalized spacial score (nSPS) is 22.5. The molecule has 0 saturated heterocycles. The van der Waals surface area contributed by atoms with Crippen LogP contribution in [0, 0.1) is 0 Å². The largest absolute Gasteiger partial charge is 0.454 e. The lowest BCUT2D eigenvalue weighted by molar-refractivity contribution is 0.0342. The molecular weight excluding hydrogens is 564 g/mol. The van der Waals surface area contributed by atoms with Crippen molar-refractivity contribution in [2.45, 2.75) is 45.6 Å². The number of benzene rings is 2. The van der Waals surface area contributed by atoms with Gasteiger partial charge in [-0.3, -0.25) is 10.2 Å². The Morgan fingerprint density at radius 2 is 1.57 bits per heavy atom. The van der Waals surface area contributed by atoms with Gasteiger partial charge < -0.3 is 39.0 Å². The summed E-state index contributed by atoms with van der Waals surface area (Å²) >= 11 is 0. The van der Waals surface area contributed by atoms with Crippen LogP contribution in [0.1, 0.15) is 25.0 Å². The highest BCUT2D eigenvalue weighted by atomic mass is 16.7. The summed E-state index contributed by atoms with van der Waals surface area (Å²) in [4.78, 5) is 26.9. The lowest BCUT2D eigenvalue weighted by Gasteiger charge is -2.35. The van der Waals surface area contributed by atoms with Gasteiger partial charge in [-0.2, -0.15) is 0 Å². The second-order valence-electron chi connectivity index (χ2n) is 11.4. The van der Waals surface area contributed by atoms with Crippen molar-refractivity contribution < 1.29 is 18.9 Å². The molecule has 4 aliphatic rings. The molecule has 0 amide bonds. The molecule has 0 aliphatic carbocycles. The van der Waals surface area contributed by atoms with Crippen molar-refractivity contribution in [2.75, 3.05) is 48.6 Å². The summed E-state index contributed by atoms with van der Waals surface area (Å²) in [5.41, 5.74) is 2.11. The van der Waals surface area contributed by atoms with Gasteiger partial charge in [-0.05, 0) is 49.2 Å². The molecule has 6 rings (SSSR count). The molecule has 0 spiro atoms. The van der Waals surface area contributed by atoms with E-state index in [1.165, 1.54) is 0 Å². The summed E-state index contributed by atoms with van der Waals surface area (Å²) in [5.74, 6) is 5.99. The minimum Gasteiger partial charge on any atom is -0.454 e.